The van der Waals surface area contributed by atoms with Gasteiger partial charge in [-0.2, -0.15) is 0 Å². The molecule has 1 aliphatic heterocycles. The molecule has 0 aliphatic carbocycles. The van der Waals surface area contributed by atoms with Crippen LogP contribution >= 0.6 is 0 Å². The van der Waals surface area contributed by atoms with E-state index in [0.29, 0.717) is 0 Å². The quantitative estimate of drug-likeness (QED) is 0.411. The van der Waals surface area contributed by atoms with Gasteiger partial charge in [0.2, 0.25) is 0 Å². The maximum Gasteiger partial charge on any atom is 0.0544 e. The van der Waals surface area contributed by atoms with Gasteiger partial charge in [0, 0.05) is 21.9 Å². The Balaban J connectivity index is 2.62. The van der Waals surface area contributed by atoms with Crippen LogP contribution in [0.15, 0.2) is 36.4 Å². The summed E-state index contributed by atoms with van der Waals surface area (Å²) in [6.07, 6.45) is 0. The third kappa shape index (κ3) is 0.501. The van der Waals surface area contributed by atoms with E-state index in [0.717, 1.165) is 0 Å². The van der Waals surface area contributed by atoms with E-state index in [9.17, 15) is 0 Å². The molecule has 0 saturated carbocycles. The lowest BCUT2D eigenvalue weighted by molar-refractivity contribution is 1.51. The molecule has 3 bridgehead atoms. The summed E-state index contributed by atoms with van der Waals surface area (Å²) in [5, 5.41) is 2.70. The van der Waals surface area contributed by atoms with Gasteiger partial charge in [0.15, 0.2) is 0 Å². The molecule has 60 valence electrons. The standard InChI is InChI=1S/C12H7N/c1-2-8-7-4-5-9-10(3-1)12(8)13-11(9)6-7/h1-6,13H. The summed E-state index contributed by atoms with van der Waals surface area (Å²) in [4.78, 5) is 3.44. The van der Waals surface area contributed by atoms with Crippen LogP contribution in [-0.4, -0.2) is 4.98 Å². The maximum atomic E-state index is 3.44. The summed E-state index contributed by atoms with van der Waals surface area (Å²) in [7, 11) is 0. The van der Waals surface area contributed by atoms with Crippen LogP contribution in [0.1, 0.15) is 0 Å². The minimum Gasteiger partial charge on any atom is -0.354 e. The Labute approximate surface area is 75.0 Å². The topological polar surface area (TPSA) is 15.8 Å². The Kier molecular flexibility index (Phi) is 0.724. The molecule has 0 saturated heterocycles. The van der Waals surface area contributed by atoms with Crippen LogP contribution in [0.25, 0.3) is 32.9 Å². The first kappa shape index (κ1) is 5.81. The highest BCUT2D eigenvalue weighted by molar-refractivity contribution is 6.15. The second-order valence-electron chi connectivity index (χ2n) is 3.61. The highest BCUT2D eigenvalue weighted by Gasteiger charge is 2.14. The number of aromatic amines is 1. The minimum absolute atomic E-state index is 1.27. The van der Waals surface area contributed by atoms with E-state index in [2.05, 4.69) is 41.4 Å². The fourth-order valence-electron chi connectivity index (χ4n) is 2.34. The lowest BCUT2D eigenvalue weighted by atomic mass is 10.1. The van der Waals surface area contributed by atoms with Crippen molar-refractivity contribution in [2.24, 2.45) is 0 Å². The third-order valence-electron chi connectivity index (χ3n) is 2.94. The van der Waals surface area contributed by atoms with Crippen LogP contribution in [0.3, 0.4) is 0 Å². The van der Waals surface area contributed by atoms with Gasteiger partial charge in [0.05, 0.1) is 5.52 Å². The summed E-state index contributed by atoms with van der Waals surface area (Å²) in [5.74, 6) is 0. The van der Waals surface area contributed by atoms with Crippen LogP contribution in [0.5, 0.6) is 0 Å². The average molecular weight is 165 g/mol. The molecule has 0 spiro atoms. The molecule has 0 unspecified atom stereocenters. The highest BCUT2D eigenvalue weighted by atomic mass is 14.7. The van der Waals surface area contributed by atoms with Crippen molar-refractivity contribution < 1.29 is 0 Å². The van der Waals surface area contributed by atoms with Gasteiger partial charge in [-0.25, -0.2) is 0 Å². The second-order valence-corrected chi connectivity index (χ2v) is 3.61. The summed E-state index contributed by atoms with van der Waals surface area (Å²) in [5.41, 5.74) is 5.25. The zero-order chi connectivity index (χ0) is 8.41. The summed E-state index contributed by atoms with van der Waals surface area (Å²) < 4.78 is 0. The largest absolute Gasteiger partial charge is 0.354 e. The summed E-state index contributed by atoms with van der Waals surface area (Å²) in [6, 6.07) is 13.1. The lowest BCUT2D eigenvalue weighted by Gasteiger charge is -2.04. The van der Waals surface area contributed by atoms with Crippen molar-refractivity contribution in [3.8, 4) is 11.1 Å². The van der Waals surface area contributed by atoms with Gasteiger partial charge in [-0.05, 0) is 11.6 Å². The van der Waals surface area contributed by atoms with Gasteiger partial charge >= 0.3 is 0 Å². The van der Waals surface area contributed by atoms with Crippen LogP contribution in [0.4, 0.5) is 0 Å². The normalized spacial score (nSPS) is 12.6. The molecule has 1 heteroatoms. The van der Waals surface area contributed by atoms with E-state index in [1.165, 1.54) is 32.9 Å². The van der Waals surface area contributed by atoms with Crippen molar-refractivity contribution in [3.05, 3.63) is 36.4 Å². The predicted octanol–water partition coefficient (Wildman–Crippen LogP) is 3.30. The summed E-state index contributed by atoms with van der Waals surface area (Å²) >= 11 is 0. The van der Waals surface area contributed by atoms with Crippen LogP contribution in [0, 0.1) is 0 Å². The molecule has 3 aromatic rings. The fourth-order valence-corrected chi connectivity index (χ4v) is 2.34. The number of aromatic nitrogens is 1. The smallest absolute Gasteiger partial charge is 0.0544 e. The Morgan fingerprint density at radius 2 is 1.92 bits per heavy atom. The average Bonchev–Trinajstić information content (AvgIpc) is 2.50. The number of fused-ring (bicyclic) bond motifs is 3. The molecule has 4 rings (SSSR count). The number of nitrogens with one attached hydrogen (secondary N) is 1. The van der Waals surface area contributed by atoms with E-state index in [1.54, 1.807) is 0 Å². The van der Waals surface area contributed by atoms with Crippen LogP contribution in [0.2, 0.25) is 0 Å². The monoisotopic (exact) mass is 165 g/mol. The van der Waals surface area contributed by atoms with Crippen LogP contribution < -0.4 is 0 Å². The molecule has 13 heavy (non-hydrogen) atoms. The van der Waals surface area contributed by atoms with Crippen molar-refractivity contribution in [1.82, 2.24) is 4.98 Å². The fraction of sp³-hybridized carbons (Fsp3) is 0. The second kappa shape index (κ2) is 1.62. The molecular weight excluding hydrogens is 158 g/mol. The first-order valence-corrected chi connectivity index (χ1v) is 4.48. The molecule has 1 aliphatic rings. The first-order chi connectivity index (χ1) is 6.43. The summed E-state index contributed by atoms with van der Waals surface area (Å²) in [6.45, 7) is 0. The number of rotatable bonds is 0. The zero-order valence-corrected chi connectivity index (χ0v) is 6.96. The Bertz CT molecular complexity index is 647. The lowest BCUT2D eigenvalue weighted by Crippen LogP contribution is -1.81. The SMILES string of the molecule is c1cc2c3[nH]c4cc-2ccc4c3c1. The molecule has 0 atom stereocenters. The molecule has 0 amide bonds. The molecule has 0 fully saturated rings. The Hall–Kier alpha value is -1.76. The van der Waals surface area contributed by atoms with Crippen molar-refractivity contribution in [3.63, 3.8) is 0 Å². The van der Waals surface area contributed by atoms with Gasteiger partial charge in [0.25, 0.3) is 0 Å². The molecule has 2 heterocycles. The van der Waals surface area contributed by atoms with Crippen molar-refractivity contribution >= 4 is 21.8 Å². The number of para-hydroxylation sites is 1. The zero-order valence-electron chi connectivity index (χ0n) is 6.96. The van der Waals surface area contributed by atoms with Crippen LogP contribution in [-0.2, 0) is 0 Å². The predicted molar refractivity (Wildman–Crippen MR) is 54.8 cm³/mol. The maximum absolute atomic E-state index is 3.44. The van der Waals surface area contributed by atoms with E-state index >= 15 is 0 Å². The molecule has 1 nitrogen and oxygen atoms in total. The Morgan fingerprint density at radius 3 is 2.92 bits per heavy atom. The molecule has 0 radical (unpaired) electrons. The van der Waals surface area contributed by atoms with Gasteiger partial charge in [-0.1, -0.05) is 30.3 Å². The van der Waals surface area contributed by atoms with E-state index in [4.69, 9.17) is 0 Å². The Morgan fingerprint density at radius 1 is 0.923 bits per heavy atom. The first-order valence-electron chi connectivity index (χ1n) is 4.48. The van der Waals surface area contributed by atoms with E-state index in [-0.39, 0.29) is 0 Å². The number of benzene rings is 2. The molecule has 2 aromatic carbocycles. The van der Waals surface area contributed by atoms with E-state index in [1.807, 2.05) is 0 Å². The van der Waals surface area contributed by atoms with Crippen molar-refractivity contribution in [1.29, 1.82) is 0 Å². The number of H-pyrrole nitrogens is 1. The van der Waals surface area contributed by atoms with Gasteiger partial charge in [0.1, 0.15) is 0 Å². The number of hydrogen-bond donors (Lipinski definition) is 1. The number of pyridine rings is 1. The van der Waals surface area contributed by atoms with Crippen molar-refractivity contribution in [2.75, 3.05) is 0 Å². The number of hydrogen-bond acceptors (Lipinski definition) is 0. The minimum atomic E-state index is 1.27. The van der Waals surface area contributed by atoms with Gasteiger partial charge in [-0.15, -0.1) is 0 Å². The van der Waals surface area contributed by atoms with Crippen molar-refractivity contribution in [2.45, 2.75) is 0 Å². The molecule has 1 N–H and O–H groups in total. The van der Waals surface area contributed by atoms with Gasteiger partial charge < -0.3 is 4.98 Å². The highest BCUT2D eigenvalue weighted by Crippen LogP contribution is 2.38. The van der Waals surface area contributed by atoms with E-state index < -0.39 is 0 Å². The third-order valence-corrected chi connectivity index (χ3v) is 2.94. The molecular formula is C12H7N. The molecule has 1 aromatic heterocycles. The van der Waals surface area contributed by atoms with Gasteiger partial charge in [-0.3, -0.25) is 0 Å².